The van der Waals surface area contributed by atoms with Crippen LogP contribution in [0.15, 0.2) is 30.3 Å². The van der Waals surface area contributed by atoms with Crippen LogP contribution < -0.4 is 4.90 Å². The molecule has 1 saturated carbocycles. The minimum Gasteiger partial charge on any atom is -0.341 e. The number of anilines is 1. The minimum atomic E-state index is 0.192. The van der Waals surface area contributed by atoms with Gasteiger partial charge in [0.05, 0.1) is 0 Å². The van der Waals surface area contributed by atoms with Gasteiger partial charge in [-0.2, -0.15) is 0 Å². The van der Waals surface area contributed by atoms with E-state index >= 15 is 0 Å². The maximum atomic E-state index is 4.65. The van der Waals surface area contributed by atoms with Crippen LogP contribution in [0.4, 0.5) is 5.95 Å². The molecule has 122 valence electrons. The van der Waals surface area contributed by atoms with E-state index in [2.05, 4.69) is 57.0 Å². The van der Waals surface area contributed by atoms with Crippen molar-refractivity contribution in [3.63, 3.8) is 0 Å². The van der Waals surface area contributed by atoms with Crippen LogP contribution in [0.2, 0.25) is 0 Å². The first-order chi connectivity index (χ1) is 11.3. The number of piperidine rings is 1. The first-order valence-corrected chi connectivity index (χ1v) is 8.97. The van der Waals surface area contributed by atoms with Crippen molar-refractivity contribution in [1.82, 2.24) is 14.8 Å². The van der Waals surface area contributed by atoms with Crippen molar-refractivity contribution < 1.29 is 0 Å². The maximum Gasteiger partial charge on any atom is 0.226 e. The molecule has 0 radical (unpaired) electrons. The van der Waals surface area contributed by atoms with E-state index in [1.807, 2.05) is 0 Å². The first-order valence-electron chi connectivity index (χ1n) is 8.97. The number of hydrogen-bond donors (Lipinski definition) is 0. The Morgan fingerprint density at radius 3 is 2.35 bits per heavy atom. The van der Waals surface area contributed by atoms with Crippen molar-refractivity contribution in [3.05, 3.63) is 41.7 Å². The molecule has 0 unspecified atom stereocenters. The zero-order valence-corrected chi connectivity index (χ0v) is 14.0. The number of aromatic nitrogens is 3. The smallest absolute Gasteiger partial charge is 0.226 e. The molecule has 4 rings (SSSR count). The summed E-state index contributed by atoms with van der Waals surface area (Å²) in [5.41, 5.74) is 1.60. The fourth-order valence-corrected chi connectivity index (χ4v) is 4.22. The average Bonchev–Trinajstić information content (AvgIpc) is 2.95. The number of nitrogens with zero attached hydrogens (tertiary/aromatic N) is 4. The van der Waals surface area contributed by atoms with Crippen molar-refractivity contribution in [2.45, 2.75) is 50.4 Å². The van der Waals surface area contributed by atoms with Gasteiger partial charge in [0.15, 0.2) is 0 Å². The lowest BCUT2D eigenvalue weighted by atomic mass is 9.64. The predicted molar refractivity (Wildman–Crippen MR) is 92.7 cm³/mol. The van der Waals surface area contributed by atoms with Gasteiger partial charge >= 0.3 is 0 Å². The third kappa shape index (κ3) is 2.64. The van der Waals surface area contributed by atoms with E-state index < -0.39 is 0 Å². The summed E-state index contributed by atoms with van der Waals surface area (Å²) in [7, 11) is 2.16. The number of benzene rings is 1. The molecule has 1 aliphatic carbocycles. The van der Waals surface area contributed by atoms with E-state index in [-0.39, 0.29) is 5.41 Å². The summed E-state index contributed by atoms with van der Waals surface area (Å²) in [5.74, 6) is 2.26. The monoisotopic (exact) mass is 310 g/mol. The Labute approximate surface area is 138 Å². The fraction of sp³-hybridized carbons (Fsp3) is 0.579. The van der Waals surface area contributed by atoms with Crippen molar-refractivity contribution in [2.75, 3.05) is 18.0 Å². The Balaban J connectivity index is 1.62. The molecule has 1 aliphatic heterocycles. The van der Waals surface area contributed by atoms with E-state index in [4.69, 9.17) is 0 Å². The second kappa shape index (κ2) is 5.99. The molecule has 4 heteroatoms. The van der Waals surface area contributed by atoms with Crippen LogP contribution in [0.3, 0.4) is 0 Å². The minimum absolute atomic E-state index is 0.192. The molecular formula is C19H26N4. The Morgan fingerprint density at radius 2 is 1.70 bits per heavy atom. The first kappa shape index (κ1) is 14.7. The van der Waals surface area contributed by atoms with E-state index in [0.29, 0.717) is 0 Å². The molecular weight excluding hydrogens is 284 g/mol. The molecule has 4 nitrogen and oxygen atoms in total. The summed E-state index contributed by atoms with van der Waals surface area (Å²) in [6.45, 7) is 2.25. The van der Waals surface area contributed by atoms with Crippen LogP contribution in [0.25, 0.3) is 0 Å². The third-order valence-corrected chi connectivity index (χ3v) is 5.66. The Kier molecular flexibility index (Phi) is 3.83. The average molecular weight is 310 g/mol. The molecule has 0 N–H and O–H groups in total. The lowest BCUT2D eigenvalue weighted by molar-refractivity contribution is 0.221. The van der Waals surface area contributed by atoms with E-state index in [1.165, 1.54) is 49.9 Å². The molecule has 2 aromatic rings. The van der Waals surface area contributed by atoms with Gasteiger partial charge in [-0.05, 0) is 44.1 Å². The van der Waals surface area contributed by atoms with Gasteiger partial charge in [-0.1, -0.05) is 36.8 Å². The molecule has 1 aromatic heterocycles. The van der Waals surface area contributed by atoms with Crippen molar-refractivity contribution >= 4 is 5.95 Å². The van der Waals surface area contributed by atoms with Crippen LogP contribution in [-0.4, -0.2) is 27.9 Å². The zero-order chi connectivity index (χ0) is 15.7. The molecule has 0 spiro atoms. The maximum absolute atomic E-state index is 4.65. The molecule has 23 heavy (non-hydrogen) atoms. The van der Waals surface area contributed by atoms with Crippen LogP contribution in [0.5, 0.6) is 0 Å². The van der Waals surface area contributed by atoms with Gasteiger partial charge < -0.3 is 4.90 Å². The van der Waals surface area contributed by atoms with Crippen LogP contribution in [0, 0.1) is 0 Å². The molecule has 2 fully saturated rings. The predicted octanol–water partition coefficient (Wildman–Crippen LogP) is 3.47. The van der Waals surface area contributed by atoms with Crippen molar-refractivity contribution in [1.29, 1.82) is 0 Å². The van der Waals surface area contributed by atoms with Gasteiger partial charge in [0.1, 0.15) is 5.82 Å². The third-order valence-electron chi connectivity index (χ3n) is 5.66. The number of rotatable bonds is 4. The standard InChI is InChI=1S/C19H26N4/c1-22-17(20-21-18(22)23-13-6-3-7-14-23)19(11-8-12-19)15-16-9-4-2-5-10-16/h2,4-5,9-10H,3,6-8,11-15H2,1H3. The summed E-state index contributed by atoms with van der Waals surface area (Å²) < 4.78 is 2.27. The highest BCUT2D eigenvalue weighted by molar-refractivity contribution is 5.34. The van der Waals surface area contributed by atoms with Crippen LogP contribution >= 0.6 is 0 Å². The topological polar surface area (TPSA) is 34.0 Å². The lowest BCUT2D eigenvalue weighted by Crippen LogP contribution is -2.39. The quantitative estimate of drug-likeness (QED) is 0.867. The lowest BCUT2D eigenvalue weighted by Gasteiger charge is -2.41. The second-order valence-corrected chi connectivity index (χ2v) is 7.23. The summed E-state index contributed by atoms with van der Waals surface area (Å²) in [5, 5.41) is 9.22. The normalized spacial score (nSPS) is 20.3. The Morgan fingerprint density at radius 1 is 0.957 bits per heavy atom. The number of hydrogen-bond acceptors (Lipinski definition) is 3. The Hall–Kier alpha value is -1.84. The fourth-order valence-electron chi connectivity index (χ4n) is 4.22. The molecule has 1 saturated heterocycles. The molecule has 2 aliphatic rings. The summed E-state index contributed by atoms with van der Waals surface area (Å²) in [6.07, 6.45) is 8.74. The van der Waals surface area contributed by atoms with E-state index in [1.54, 1.807) is 0 Å². The van der Waals surface area contributed by atoms with E-state index in [9.17, 15) is 0 Å². The summed E-state index contributed by atoms with van der Waals surface area (Å²) in [4.78, 5) is 2.41. The molecule has 0 bridgehead atoms. The van der Waals surface area contributed by atoms with Gasteiger partial charge in [0, 0.05) is 25.6 Å². The van der Waals surface area contributed by atoms with Crippen molar-refractivity contribution in [3.8, 4) is 0 Å². The van der Waals surface area contributed by atoms with E-state index in [0.717, 1.165) is 25.5 Å². The highest BCUT2D eigenvalue weighted by atomic mass is 15.4. The molecule has 1 aromatic carbocycles. The zero-order valence-electron chi connectivity index (χ0n) is 14.0. The van der Waals surface area contributed by atoms with Crippen LogP contribution in [0.1, 0.15) is 49.9 Å². The molecule has 0 amide bonds. The molecule has 2 heterocycles. The highest BCUT2D eigenvalue weighted by Crippen LogP contribution is 2.45. The largest absolute Gasteiger partial charge is 0.341 e. The van der Waals surface area contributed by atoms with Crippen molar-refractivity contribution in [2.24, 2.45) is 7.05 Å². The summed E-state index contributed by atoms with van der Waals surface area (Å²) in [6, 6.07) is 10.8. The Bertz CT molecular complexity index is 651. The van der Waals surface area contributed by atoms with Crippen LogP contribution in [-0.2, 0) is 18.9 Å². The van der Waals surface area contributed by atoms with Gasteiger partial charge in [0.25, 0.3) is 0 Å². The highest BCUT2D eigenvalue weighted by Gasteiger charge is 2.43. The second-order valence-electron chi connectivity index (χ2n) is 7.23. The van der Waals surface area contributed by atoms with Gasteiger partial charge in [-0.3, -0.25) is 4.57 Å². The van der Waals surface area contributed by atoms with Gasteiger partial charge in [-0.25, -0.2) is 0 Å². The SMILES string of the molecule is Cn1c(N2CCCCC2)nnc1C1(Cc2ccccc2)CCC1. The summed E-state index contributed by atoms with van der Waals surface area (Å²) >= 11 is 0. The van der Waals surface area contributed by atoms with Gasteiger partial charge in [0.2, 0.25) is 5.95 Å². The molecule has 0 atom stereocenters. The van der Waals surface area contributed by atoms with Gasteiger partial charge in [-0.15, -0.1) is 10.2 Å².